The van der Waals surface area contributed by atoms with Gasteiger partial charge in [-0.15, -0.1) is 0 Å². The molecule has 0 bridgehead atoms. The molecule has 1 aromatic rings. The smallest absolute Gasteiger partial charge is 0.272 e. The van der Waals surface area contributed by atoms with E-state index in [1.807, 2.05) is 17.9 Å². The molecule has 1 aliphatic carbocycles. The highest BCUT2D eigenvalue weighted by atomic mass is 16.2. The Morgan fingerprint density at radius 1 is 1.36 bits per heavy atom. The second kappa shape index (κ2) is 5.41. The summed E-state index contributed by atoms with van der Waals surface area (Å²) in [5, 5.41) is 4.23. The molecule has 1 saturated carbocycles. The topological polar surface area (TPSA) is 81.2 Å². The molecule has 6 nitrogen and oxygen atoms in total. The van der Waals surface area contributed by atoms with E-state index in [0.29, 0.717) is 37.5 Å². The Labute approximate surface area is 130 Å². The fourth-order valence-corrected chi connectivity index (χ4v) is 3.54. The quantitative estimate of drug-likeness (QED) is 0.908. The first-order valence-electron chi connectivity index (χ1n) is 8.01. The number of piperidine rings is 1. The maximum atomic E-state index is 12.6. The molecule has 2 amide bonds. The van der Waals surface area contributed by atoms with Gasteiger partial charge < -0.3 is 10.6 Å². The van der Waals surface area contributed by atoms with Crippen LogP contribution in [0.15, 0.2) is 6.07 Å². The van der Waals surface area contributed by atoms with Crippen molar-refractivity contribution < 1.29 is 9.59 Å². The van der Waals surface area contributed by atoms with Crippen molar-refractivity contribution in [3.63, 3.8) is 0 Å². The fourth-order valence-electron chi connectivity index (χ4n) is 3.54. The van der Waals surface area contributed by atoms with Gasteiger partial charge in [-0.3, -0.25) is 14.3 Å². The number of hydrogen-bond donors (Lipinski definition) is 1. The van der Waals surface area contributed by atoms with Gasteiger partial charge in [0.2, 0.25) is 5.91 Å². The van der Waals surface area contributed by atoms with Crippen LogP contribution in [0, 0.1) is 18.3 Å². The van der Waals surface area contributed by atoms with Crippen LogP contribution < -0.4 is 5.73 Å². The van der Waals surface area contributed by atoms with Gasteiger partial charge in [-0.1, -0.05) is 12.8 Å². The number of amides is 2. The highest BCUT2D eigenvalue weighted by molar-refractivity contribution is 5.93. The molecule has 22 heavy (non-hydrogen) atoms. The Bertz CT molecular complexity index is 595. The summed E-state index contributed by atoms with van der Waals surface area (Å²) in [6.07, 6.45) is 4.69. The van der Waals surface area contributed by atoms with Crippen LogP contribution in [-0.2, 0) is 11.8 Å². The highest BCUT2D eigenvalue weighted by Crippen LogP contribution is 2.45. The van der Waals surface area contributed by atoms with Crippen LogP contribution in [0.4, 0.5) is 0 Å². The molecule has 2 fully saturated rings. The average Bonchev–Trinajstić information content (AvgIpc) is 3.21. The van der Waals surface area contributed by atoms with E-state index < -0.39 is 5.41 Å². The zero-order valence-electron chi connectivity index (χ0n) is 13.3. The normalized spacial score (nSPS) is 20.9. The SMILES string of the molecule is Cc1cc(C(=O)N2CCC(CC3CC3)(C(N)=O)CC2)n(C)n1. The van der Waals surface area contributed by atoms with Gasteiger partial charge >= 0.3 is 0 Å². The number of aromatic nitrogens is 2. The van der Waals surface area contributed by atoms with Crippen molar-refractivity contribution in [2.45, 2.75) is 39.0 Å². The van der Waals surface area contributed by atoms with Crippen molar-refractivity contribution >= 4 is 11.8 Å². The summed E-state index contributed by atoms with van der Waals surface area (Å²) >= 11 is 0. The lowest BCUT2D eigenvalue weighted by molar-refractivity contribution is -0.131. The van der Waals surface area contributed by atoms with Crippen LogP contribution in [0.2, 0.25) is 0 Å². The van der Waals surface area contributed by atoms with Gasteiger partial charge in [0.1, 0.15) is 5.69 Å². The van der Waals surface area contributed by atoms with Gasteiger partial charge in [0.05, 0.1) is 11.1 Å². The van der Waals surface area contributed by atoms with Crippen LogP contribution in [0.1, 0.15) is 48.3 Å². The highest BCUT2D eigenvalue weighted by Gasteiger charge is 2.44. The minimum atomic E-state index is -0.402. The van der Waals surface area contributed by atoms with E-state index in [4.69, 9.17) is 5.73 Å². The molecule has 1 aromatic heterocycles. The molecule has 0 radical (unpaired) electrons. The largest absolute Gasteiger partial charge is 0.369 e. The molecule has 0 aromatic carbocycles. The number of carbonyl (C=O) groups is 2. The number of aryl methyl sites for hydroxylation is 2. The summed E-state index contributed by atoms with van der Waals surface area (Å²) in [6.45, 7) is 3.07. The van der Waals surface area contributed by atoms with Gasteiger partial charge in [0.25, 0.3) is 5.91 Å². The third-order valence-electron chi connectivity index (χ3n) is 5.13. The maximum Gasteiger partial charge on any atom is 0.272 e. The number of likely N-dealkylation sites (tertiary alicyclic amines) is 1. The maximum absolute atomic E-state index is 12.6. The third-order valence-corrected chi connectivity index (χ3v) is 5.13. The minimum absolute atomic E-state index is 0.00686. The number of rotatable bonds is 4. The number of hydrogen-bond acceptors (Lipinski definition) is 3. The molecule has 0 spiro atoms. The number of nitrogens with two attached hydrogens (primary N) is 1. The lowest BCUT2D eigenvalue weighted by atomic mass is 9.73. The number of primary amides is 1. The van der Waals surface area contributed by atoms with E-state index in [1.165, 1.54) is 12.8 Å². The Hall–Kier alpha value is -1.85. The summed E-state index contributed by atoms with van der Waals surface area (Å²) in [5.74, 6) is 0.463. The van der Waals surface area contributed by atoms with Crippen LogP contribution in [0.25, 0.3) is 0 Å². The summed E-state index contributed by atoms with van der Waals surface area (Å²) in [7, 11) is 1.78. The molecule has 3 rings (SSSR count). The Kier molecular flexibility index (Phi) is 3.70. The summed E-state index contributed by atoms with van der Waals surface area (Å²) in [6, 6.07) is 1.81. The van der Waals surface area contributed by atoms with Gasteiger partial charge in [-0.25, -0.2) is 0 Å². The lowest BCUT2D eigenvalue weighted by Crippen LogP contribution is -2.49. The van der Waals surface area contributed by atoms with Crippen molar-refractivity contribution in [2.75, 3.05) is 13.1 Å². The predicted octanol–water partition coefficient (Wildman–Crippen LogP) is 1.24. The molecule has 2 aliphatic rings. The zero-order chi connectivity index (χ0) is 15.9. The zero-order valence-corrected chi connectivity index (χ0v) is 13.3. The van der Waals surface area contributed by atoms with E-state index in [0.717, 1.165) is 12.1 Å². The second-order valence-corrected chi connectivity index (χ2v) is 6.88. The molecule has 0 atom stereocenters. The Morgan fingerprint density at radius 3 is 2.45 bits per heavy atom. The van der Waals surface area contributed by atoms with Gasteiger partial charge in [-0.2, -0.15) is 5.10 Å². The monoisotopic (exact) mass is 304 g/mol. The molecular weight excluding hydrogens is 280 g/mol. The van der Waals surface area contributed by atoms with Crippen LogP contribution in [-0.4, -0.2) is 39.6 Å². The van der Waals surface area contributed by atoms with Crippen LogP contribution in [0.3, 0.4) is 0 Å². The van der Waals surface area contributed by atoms with Gasteiger partial charge in [0, 0.05) is 20.1 Å². The molecule has 2 heterocycles. The second-order valence-electron chi connectivity index (χ2n) is 6.88. The summed E-state index contributed by atoms with van der Waals surface area (Å²) in [4.78, 5) is 26.4. The molecule has 1 saturated heterocycles. The van der Waals surface area contributed by atoms with E-state index in [9.17, 15) is 9.59 Å². The minimum Gasteiger partial charge on any atom is -0.369 e. The number of nitrogens with zero attached hydrogens (tertiary/aromatic N) is 3. The van der Waals surface area contributed by atoms with E-state index >= 15 is 0 Å². The molecular formula is C16H24N4O2. The van der Waals surface area contributed by atoms with E-state index in [2.05, 4.69) is 5.10 Å². The molecule has 2 N–H and O–H groups in total. The van der Waals surface area contributed by atoms with Crippen LogP contribution in [0.5, 0.6) is 0 Å². The van der Waals surface area contributed by atoms with Crippen molar-refractivity contribution in [3.8, 4) is 0 Å². The van der Waals surface area contributed by atoms with Crippen molar-refractivity contribution in [3.05, 3.63) is 17.5 Å². The van der Waals surface area contributed by atoms with Gasteiger partial charge in [0.15, 0.2) is 0 Å². The molecule has 6 heteroatoms. The Balaban J connectivity index is 1.68. The first-order valence-corrected chi connectivity index (χ1v) is 8.01. The van der Waals surface area contributed by atoms with Gasteiger partial charge in [-0.05, 0) is 38.2 Å². The first kappa shape index (κ1) is 15.1. The Morgan fingerprint density at radius 2 is 2.00 bits per heavy atom. The lowest BCUT2D eigenvalue weighted by Gasteiger charge is -2.39. The van der Waals surface area contributed by atoms with E-state index in [1.54, 1.807) is 11.7 Å². The molecule has 1 aliphatic heterocycles. The van der Waals surface area contributed by atoms with Crippen molar-refractivity contribution in [1.82, 2.24) is 14.7 Å². The fraction of sp³-hybridized carbons (Fsp3) is 0.688. The summed E-state index contributed by atoms with van der Waals surface area (Å²) < 4.78 is 1.62. The number of carbonyl (C=O) groups excluding carboxylic acids is 2. The third kappa shape index (κ3) is 2.74. The standard InChI is InChI=1S/C16H24N4O2/c1-11-9-13(19(2)18-11)14(21)20-7-5-16(6-8-20,15(17)22)10-12-3-4-12/h9,12H,3-8,10H2,1-2H3,(H2,17,22). The van der Waals surface area contributed by atoms with Crippen molar-refractivity contribution in [2.24, 2.45) is 24.1 Å². The summed E-state index contributed by atoms with van der Waals surface area (Å²) in [5.41, 5.74) is 6.72. The van der Waals surface area contributed by atoms with E-state index in [-0.39, 0.29) is 11.8 Å². The molecule has 0 unspecified atom stereocenters. The van der Waals surface area contributed by atoms with Crippen molar-refractivity contribution in [1.29, 1.82) is 0 Å². The predicted molar refractivity (Wildman–Crippen MR) is 82.1 cm³/mol. The van der Waals surface area contributed by atoms with Crippen LogP contribution >= 0.6 is 0 Å². The molecule has 120 valence electrons. The first-order chi connectivity index (χ1) is 10.4. The average molecular weight is 304 g/mol.